The van der Waals surface area contributed by atoms with Gasteiger partial charge in [0.2, 0.25) is 0 Å². The normalized spacial score (nSPS) is 12.2. The summed E-state index contributed by atoms with van der Waals surface area (Å²) in [5.41, 5.74) is -4.04. The van der Waals surface area contributed by atoms with E-state index in [1.807, 2.05) is 0 Å². The fourth-order valence-corrected chi connectivity index (χ4v) is 1.39. The van der Waals surface area contributed by atoms with Crippen LogP contribution >= 0.6 is 0 Å². The van der Waals surface area contributed by atoms with Crippen molar-refractivity contribution in [3.05, 3.63) is 21.9 Å². The topological polar surface area (TPSA) is 116 Å². The van der Waals surface area contributed by atoms with Gasteiger partial charge in [-0.15, -0.1) is 0 Å². The van der Waals surface area contributed by atoms with Gasteiger partial charge in [-0.3, -0.25) is 10.1 Å². The Morgan fingerprint density at radius 3 is 1.90 bits per heavy atom. The summed E-state index contributed by atoms with van der Waals surface area (Å²) in [6.07, 6.45) is 1.01. The van der Waals surface area contributed by atoms with Crippen LogP contribution in [0.15, 0.2) is 11.8 Å². The first-order chi connectivity index (χ1) is 9.21. The Hall–Kier alpha value is -1.96. The molecule has 0 fully saturated rings. The van der Waals surface area contributed by atoms with E-state index >= 15 is 0 Å². The van der Waals surface area contributed by atoms with Crippen LogP contribution in [-0.4, -0.2) is 40.8 Å². The van der Waals surface area contributed by atoms with Crippen LogP contribution in [0.5, 0.6) is 0 Å². The lowest BCUT2D eigenvalue weighted by Crippen LogP contribution is -2.52. The molecule has 0 aliphatic rings. The van der Waals surface area contributed by atoms with Crippen LogP contribution in [0.1, 0.15) is 27.7 Å². The summed E-state index contributed by atoms with van der Waals surface area (Å²) in [4.78, 5) is 33.6. The number of nitrogens with zero attached hydrogens (tertiary/aromatic N) is 1. The number of carbonyl (C=O) groups is 2. The van der Waals surface area contributed by atoms with Gasteiger partial charge in [0.1, 0.15) is 0 Å². The second kappa shape index (κ2) is 7.59. The molecule has 0 aromatic rings. The van der Waals surface area contributed by atoms with Gasteiger partial charge in [-0.1, -0.05) is 13.8 Å². The largest absolute Gasteiger partial charge is 0.463 e. The van der Waals surface area contributed by atoms with Crippen molar-refractivity contribution in [3.63, 3.8) is 0 Å². The Morgan fingerprint density at radius 1 is 1.25 bits per heavy atom. The maximum absolute atomic E-state index is 11.8. The summed E-state index contributed by atoms with van der Waals surface area (Å²) in [5.74, 6) is -3.23. The number of carbonyl (C=O) groups excluding carboxylic acids is 2. The molecule has 0 aromatic carbocycles. The summed E-state index contributed by atoms with van der Waals surface area (Å²) in [6, 6.07) is 0. The smallest absolute Gasteiger partial charge is 0.361 e. The van der Waals surface area contributed by atoms with E-state index < -0.39 is 28.2 Å². The molecule has 0 saturated heterocycles. The predicted octanol–water partition coefficient (Wildman–Crippen LogP) is 0.660. The molecule has 0 aromatic heterocycles. The molecule has 0 atom stereocenters. The lowest BCUT2D eigenvalue weighted by atomic mass is 9.97. The monoisotopic (exact) mass is 289 g/mol. The molecule has 8 nitrogen and oxygen atoms in total. The van der Waals surface area contributed by atoms with Crippen molar-refractivity contribution in [1.82, 2.24) is 0 Å². The summed E-state index contributed by atoms with van der Waals surface area (Å²) in [5, 5.41) is 21.3. The van der Waals surface area contributed by atoms with Crippen molar-refractivity contribution >= 4 is 11.9 Å². The lowest BCUT2D eigenvalue weighted by molar-refractivity contribution is -0.440. The van der Waals surface area contributed by atoms with Gasteiger partial charge in [-0.25, -0.2) is 9.59 Å². The Kier molecular flexibility index (Phi) is 6.84. The van der Waals surface area contributed by atoms with Gasteiger partial charge >= 0.3 is 17.5 Å². The zero-order valence-corrected chi connectivity index (χ0v) is 11.9. The fourth-order valence-electron chi connectivity index (χ4n) is 1.39. The lowest BCUT2D eigenvalue weighted by Gasteiger charge is -2.21. The number of aliphatic hydroxyl groups is 1. The van der Waals surface area contributed by atoms with Crippen LogP contribution in [0.4, 0.5) is 0 Å². The summed E-state index contributed by atoms with van der Waals surface area (Å²) >= 11 is 0. The zero-order chi connectivity index (χ0) is 15.9. The Morgan fingerprint density at radius 2 is 1.65 bits per heavy atom. The third-order valence-electron chi connectivity index (χ3n) is 2.20. The van der Waals surface area contributed by atoms with Crippen LogP contribution in [-0.2, 0) is 19.1 Å². The van der Waals surface area contributed by atoms with Crippen molar-refractivity contribution in [2.24, 2.45) is 5.92 Å². The number of hydrogen-bond donors (Lipinski definition) is 1. The second-order valence-corrected chi connectivity index (χ2v) is 4.20. The summed E-state index contributed by atoms with van der Waals surface area (Å²) < 4.78 is 9.10. The van der Waals surface area contributed by atoms with Crippen molar-refractivity contribution in [3.8, 4) is 0 Å². The number of esters is 2. The van der Waals surface area contributed by atoms with Gasteiger partial charge in [0, 0.05) is 0 Å². The molecule has 0 heterocycles. The minimum atomic E-state index is -3.07. The minimum absolute atomic E-state index is 0.146. The summed E-state index contributed by atoms with van der Waals surface area (Å²) in [7, 11) is 0. The van der Waals surface area contributed by atoms with E-state index in [4.69, 9.17) is 0 Å². The Labute approximate surface area is 116 Å². The molecule has 0 radical (unpaired) electrons. The average Bonchev–Trinajstić information content (AvgIpc) is 2.35. The van der Waals surface area contributed by atoms with Crippen LogP contribution in [0.3, 0.4) is 0 Å². The average molecular weight is 289 g/mol. The van der Waals surface area contributed by atoms with Crippen LogP contribution in [0, 0.1) is 16.0 Å². The van der Waals surface area contributed by atoms with E-state index in [0.717, 1.165) is 6.08 Å². The maximum Gasteiger partial charge on any atom is 0.361 e. The van der Waals surface area contributed by atoms with E-state index in [-0.39, 0.29) is 19.1 Å². The van der Waals surface area contributed by atoms with Gasteiger partial charge in [-0.05, 0) is 25.8 Å². The van der Waals surface area contributed by atoms with E-state index in [1.54, 1.807) is 13.8 Å². The highest BCUT2D eigenvalue weighted by atomic mass is 16.6. The molecule has 8 heteroatoms. The number of nitro groups is 1. The van der Waals surface area contributed by atoms with Crippen LogP contribution in [0.25, 0.3) is 0 Å². The van der Waals surface area contributed by atoms with E-state index in [2.05, 4.69) is 9.47 Å². The van der Waals surface area contributed by atoms with Gasteiger partial charge in [0.05, 0.1) is 18.1 Å². The zero-order valence-electron chi connectivity index (χ0n) is 11.9. The fraction of sp³-hybridized carbons (Fsp3) is 0.667. The SMILES string of the molecule is CCOC(=O)C(O)(C(=O)OCC)/C(=C/C(C)C)[N+](=O)[O-]. The predicted molar refractivity (Wildman–Crippen MR) is 68.1 cm³/mol. The number of ether oxygens (including phenoxy) is 2. The second-order valence-electron chi connectivity index (χ2n) is 4.20. The van der Waals surface area contributed by atoms with Crippen LogP contribution in [0.2, 0.25) is 0 Å². The van der Waals surface area contributed by atoms with Crippen molar-refractivity contribution in [2.75, 3.05) is 13.2 Å². The molecule has 0 aliphatic carbocycles. The molecular weight excluding hydrogens is 270 g/mol. The molecule has 0 bridgehead atoms. The van der Waals surface area contributed by atoms with Gasteiger partial charge in [-0.2, -0.15) is 0 Å². The molecule has 114 valence electrons. The molecule has 20 heavy (non-hydrogen) atoms. The molecular formula is C12H19NO7. The van der Waals surface area contributed by atoms with Crippen molar-refractivity contribution in [1.29, 1.82) is 0 Å². The first-order valence-corrected chi connectivity index (χ1v) is 6.15. The standard InChI is InChI=1S/C12H19NO7/c1-5-19-10(14)12(16,11(15)20-6-2)9(13(17)18)7-8(3)4/h7-8,16H,5-6H2,1-4H3/b9-7-. The minimum Gasteiger partial charge on any atom is -0.463 e. The molecule has 1 N–H and O–H groups in total. The van der Waals surface area contributed by atoms with E-state index in [0.29, 0.717) is 0 Å². The Balaban J connectivity index is 5.89. The van der Waals surface area contributed by atoms with Gasteiger partial charge in [0.25, 0.3) is 5.70 Å². The highest BCUT2D eigenvalue weighted by Gasteiger charge is 2.58. The number of hydrogen-bond acceptors (Lipinski definition) is 7. The molecule has 0 rings (SSSR count). The van der Waals surface area contributed by atoms with E-state index in [1.165, 1.54) is 13.8 Å². The summed E-state index contributed by atoms with van der Waals surface area (Å²) in [6.45, 7) is 5.80. The van der Waals surface area contributed by atoms with Crippen molar-refractivity contribution < 1.29 is 29.1 Å². The number of rotatable bonds is 7. The van der Waals surface area contributed by atoms with Crippen molar-refractivity contribution in [2.45, 2.75) is 33.3 Å². The molecule has 0 spiro atoms. The first-order valence-electron chi connectivity index (χ1n) is 6.15. The molecule has 0 unspecified atom stereocenters. The third-order valence-corrected chi connectivity index (χ3v) is 2.20. The molecule has 0 aliphatic heterocycles. The highest BCUT2D eigenvalue weighted by Crippen LogP contribution is 2.23. The quantitative estimate of drug-likeness (QED) is 0.316. The van der Waals surface area contributed by atoms with Crippen LogP contribution < -0.4 is 0 Å². The van der Waals surface area contributed by atoms with E-state index in [9.17, 15) is 24.8 Å². The molecule has 0 saturated carbocycles. The number of allylic oxidation sites excluding steroid dienone is 1. The Bertz CT molecular complexity index is 396. The highest BCUT2D eigenvalue weighted by molar-refractivity contribution is 6.06. The third kappa shape index (κ3) is 4.02. The molecule has 0 amide bonds. The maximum atomic E-state index is 11.8. The van der Waals surface area contributed by atoms with Gasteiger partial charge in [0.15, 0.2) is 0 Å². The van der Waals surface area contributed by atoms with Gasteiger partial charge < -0.3 is 14.6 Å². The first kappa shape index (κ1) is 18.0.